The molecule has 0 aromatic rings. The van der Waals surface area contributed by atoms with E-state index >= 15 is 0 Å². The second kappa shape index (κ2) is 5.31. The van der Waals surface area contributed by atoms with Crippen molar-refractivity contribution in [1.29, 1.82) is 0 Å². The number of hydrogen-bond donors (Lipinski definition) is 2. The molecule has 1 heterocycles. The van der Waals surface area contributed by atoms with Gasteiger partial charge in [-0.3, -0.25) is 0 Å². The first-order chi connectivity index (χ1) is 8.46. The summed E-state index contributed by atoms with van der Waals surface area (Å²) >= 11 is 0. The van der Waals surface area contributed by atoms with Gasteiger partial charge in [0, 0.05) is 13.1 Å². The molecule has 2 N–H and O–H groups in total. The Morgan fingerprint density at radius 2 is 2.22 bits per heavy atom. The lowest BCUT2D eigenvalue weighted by atomic mass is 9.78. The molecule has 0 radical (unpaired) electrons. The maximum atomic E-state index is 11.6. The molecular weight excluding hydrogens is 228 g/mol. The molecule has 1 fully saturated rings. The first-order valence-corrected chi connectivity index (χ1v) is 6.80. The van der Waals surface area contributed by atoms with Crippen LogP contribution >= 0.6 is 0 Å². The lowest BCUT2D eigenvalue weighted by Gasteiger charge is -2.29. The van der Waals surface area contributed by atoms with Crippen LogP contribution in [0.3, 0.4) is 0 Å². The van der Waals surface area contributed by atoms with Crippen LogP contribution in [-0.2, 0) is 4.74 Å². The van der Waals surface area contributed by atoms with Gasteiger partial charge < -0.3 is 15.4 Å². The molecule has 4 heteroatoms. The summed E-state index contributed by atoms with van der Waals surface area (Å²) in [7, 11) is 0. The highest BCUT2D eigenvalue weighted by Crippen LogP contribution is 2.32. The van der Waals surface area contributed by atoms with Gasteiger partial charge in [0.2, 0.25) is 0 Å². The van der Waals surface area contributed by atoms with Crippen molar-refractivity contribution < 1.29 is 9.53 Å². The molecule has 1 saturated heterocycles. The predicted molar refractivity (Wildman–Crippen MR) is 71.3 cm³/mol. The number of ether oxygens (including phenoxy) is 1. The molecule has 0 spiro atoms. The molecule has 1 aliphatic heterocycles. The van der Waals surface area contributed by atoms with Crippen molar-refractivity contribution in [2.75, 3.05) is 19.6 Å². The lowest BCUT2D eigenvalue weighted by molar-refractivity contribution is 0.0511. The Hall–Kier alpha value is -1.03. The summed E-state index contributed by atoms with van der Waals surface area (Å²) in [5, 5.41) is 6.32. The Morgan fingerprint density at radius 3 is 2.94 bits per heavy atom. The van der Waals surface area contributed by atoms with Crippen molar-refractivity contribution in [1.82, 2.24) is 10.6 Å². The number of amides is 1. The van der Waals surface area contributed by atoms with E-state index in [9.17, 15) is 4.79 Å². The minimum Gasteiger partial charge on any atom is -0.444 e. The topological polar surface area (TPSA) is 50.4 Å². The van der Waals surface area contributed by atoms with E-state index in [4.69, 9.17) is 4.74 Å². The number of nitrogens with one attached hydrogen (secondary N) is 2. The number of allylic oxidation sites excluding steroid dienone is 1. The summed E-state index contributed by atoms with van der Waals surface area (Å²) in [6.45, 7) is 8.49. The van der Waals surface area contributed by atoms with Crippen molar-refractivity contribution in [2.45, 2.75) is 32.8 Å². The third-order valence-corrected chi connectivity index (χ3v) is 3.65. The third-order valence-electron chi connectivity index (χ3n) is 3.65. The highest BCUT2D eigenvalue weighted by atomic mass is 16.6. The summed E-state index contributed by atoms with van der Waals surface area (Å²) in [6, 6.07) is 0. The number of alkyl carbamates (subject to hydrolysis) is 1. The van der Waals surface area contributed by atoms with E-state index < -0.39 is 5.60 Å². The molecule has 1 amide bonds. The van der Waals surface area contributed by atoms with E-state index in [0.29, 0.717) is 24.3 Å². The molecule has 3 unspecified atom stereocenters. The number of carbonyl (C=O) groups excluding carboxylic acids is 1. The molecule has 102 valence electrons. The van der Waals surface area contributed by atoms with Crippen molar-refractivity contribution >= 4 is 6.09 Å². The van der Waals surface area contributed by atoms with Crippen molar-refractivity contribution in [3.05, 3.63) is 12.2 Å². The summed E-state index contributed by atoms with van der Waals surface area (Å²) < 4.78 is 5.26. The molecule has 4 nitrogen and oxygen atoms in total. The zero-order valence-corrected chi connectivity index (χ0v) is 11.5. The second-order valence-corrected chi connectivity index (χ2v) is 6.29. The monoisotopic (exact) mass is 252 g/mol. The van der Waals surface area contributed by atoms with Crippen LogP contribution in [0.4, 0.5) is 4.79 Å². The van der Waals surface area contributed by atoms with Gasteiger partial charge in [-0.15, -0.1) is 0 Å². The van der Waals surface area contributed by atoms with Gasteiger partial charge in [-0.1, -0.05) is 12.2 Å². The van der Waals surface area contributed by atoms with E-state index in [1.165, 1.54) is 0 Å². The van der Waals surface area contributed by atoms with Crippen LogP contribution in [0.25, 0.3) is 0 Å². The molecule has 18 heavy (non-hydrogen) atoms. The second-order valence-electron chi connectivity index (χ2n) is 6.29. The first kappa shape index (κ1) is 13.4. The van der Waals surface area contributed by atoms with Crippen LogP contribution in [0.5, 0.6) is 0 Å². The van der Waals surface area contributed by atoms with E-state index in [2.05, 4.69) is 22.8 Å². The molecule has 0 aromatic carbocycles. The fourth-order valence-corrected chi connectivity index (χ4v) is 2.81. The van der Waals surface area contributed by atoms with Gasteiger partial charge >= 0.3 is 6.09 Å². The highest BCUT2D eigenvalue weighted by Gasteiger charge is 2.34. The Labute approximate surface area is 109 Å². The molecular formula is C14H24N2O2. The van der Waals surface area contributed by atoms with Crippen LogP contribution in [0.15, 0.2) is 12.2 Å². The summed E-state index contributed by atoms with van der Waals surface area (Å²) in [5.74, 6) is 1.83. The van der Waals surface area contributed by atoms with Gasteiger partial charge in [-0.25, -0.2) is 4.79 Å². The smallest absolute Gasteiger partial charge is 0.407 e. The molecule has 3 atom stereocenters. The largest absolute Gasteiger partial charge is 0.444 e. The van der Waals surface area contributed by atoms with E-state index in [1.54, 1.807) is 0 Å². The van der Waals surface area contributed by atoms with Crippen molar-refractivity contribution in [3.63, 3.8) is 0 Å². The minimum atomic E-state index is -0.423. The van der Waals surface area contributed by atoms with Gasteiger partial charge in [-0.05, 0) is 51.5 Å². The number of hydrogen-bond acceptors (Lipinski definition) is 3. The van der Waals surface area contributed by atoms with E-state index in [0.717, 1.165) is 19.5 Å². The zero-order chi connectivity index (χ0) is 13.2. The third kappa shape index (κ3) is 3.48. The Bertz CT molecular complexity index is 333. The van der Waals surface area contributed by atoms with Gasteiger partial charge in [0.25, 0.3) is 0 Å². The SMILES string of the molecule is CC(C)(C)OC(=O)NCC1CC=CC2CNCC21. The molecule has 0 saturated carbocycles. The standard InChI is InChI=1S/C14H24N2O2/c1-14(2,3)18-13(17)16-8-11-6-4-5-10-7-15-9-12(10)11/h4-5,10-12,15H,6-9H2,1-3H3,(H,16,17). The quantitative estimate of drug-likeness (QED) is 0.738. The van der Waals surface area contributed by atoms with Gasteiger partial charge in [0.05, 0.1) is 0 Å². The molecule has 2 aliphatic rings. The number of carbonyl (C=O) groups is 1. The summed E-state index contributed by atoms with van der Waals surface area (Å²) in [4.78, 5) is 11.6. The molecule has 0 aromatic heterocycles. The highest BCUT2D eigenvalue weighted by molar-refractivity contribution is 5.67. The average molecular weight is 252 g/mol. The molecule has 0 bridgehead atoms. The predicted octanol–water partition coefficient (Wildman–Crippen LogP) is 1.92. The zero-order valence-electron chi connectivity index (χ0n) is 11.5. The fraction of sp³-hybridized carbons (Fsp3) is 0.786. The van der Waals surface area contributed by atoms with E-state index in [-0.39, 0.29) is 6.09 Å². The van der Waals surface area contributed by atoms with Crippen LogP contribution in [0.2, 0.25) is 0 Å². The lowest BCUT2D eigenvalue weighted by Crippen LogP contribution is -2.38. The van der Waals surface area contributed by atoms with Crippen LogP contribution < -0.4 is 10.6 Å². The Kier molecular flexibility index (Phi) is 3.95. The Morgan fingerprint density at radius 1 is 1.44 bits per heavy atom. The first-order valence-electron chi connectivity index (χ1n) is 6.80. The average Bonchev–Trinajstić information content (AvgIpc) is 2.72. The molecule has 1 aliphatic carbocycles. The normalized spacial score (nSPS) is 30.9. The van der Waals surface area contributed by atoms with Gasteiger partial charge in [0.15, 0.2) is 0 Å². The number of rotatable bonds is 2. The van der Waals surface area contributed by atoms with E-state index in [1.807, 2.05) is 20.8 Å². The van der Waals surface area contributed by atoms with Crippen LogP contribution in [0, 0.1) is 17.8 Å². The van der Waals surface area contributed by atoms with Crippen molar-refractivity contribution in [3.8, 4) is 0 Å². The van der Waals surface area contributed by atoms with Gasteiger partial charge in [0.1, 0.15) is 5.60 Å². The number of fused-ring (bicyclic) bond motifs is 1. The van der Waals surface area contributed by atoms with Crippen molar-refractivity contribution in [2.24, 2.45) is 17.8 Å². The van der Waals surface area contributed by atoms with Crippen LogP contribution in [-0.4, -0.2) is 31.3 Å². The maximum Gasteiger partial charge on any atom is 0.407 e. The minimum absolute atomic E-state index is 0.306. The van der Waals surface area contributed by atoms with Crippen LogP contribution in [0.1, 0.15) is 27.2 Å². The summed E-state index contributed by atoms with van der Waals surface area (Å²) in [6.07, 6.45) is 5.31. The summed E-state index contributed by atoms with van der Waals surface area (Å²) in [5.41, 5.74) is -0.423. The Balaban J connectivity index is 1.80. The fourth-order valence-electron chi connectivity index (χ4n) is 2.81. The van der Waals surface area contributed by atoms with Gasteiger partial charge in [-0.2, -0.15) is 0 Å². The maximum absolute atomic E-state index is 11.6. The molecule has 2 rings (SSSR count).